The second-order valence-electron chi connectivity index (χ2n) is 5.86. The van der Waals surface area contributed by atoms with Crippen LogP contribution in [0.5, 0.6) is 0 Å². The van der Waals surface area contributed by atoms with E-state index in [0.29, 0.717) is 24.6 Å². The highest BCUT2D eigenvalue weighted by molar-refractivity contribution is 6.30. The lowest BCUT2D eigenvalue weighted by molar-refractivity contribution is -0.125. The van der Waals surface area contributed by atoms with Gasteiger partial charge in [-0.1, -0.05) is 54.1 Å². The fourth-order valence-corrected chi connectivity index (χ4v) is 2.96. The molecule has 1 aliphatic heterocycles. The SMILES string of the molecule is O=C(C[C@@H]1CNCCO1)N[C@H](c1ccccc1)c1ccc(Cl)cc1. The average Bonchev–Trinajstić information content (AvgIpc) is 2.62. The van der Waals surface area contributed by atoms with E-state index in [9.17, 15) is 4.79 Å². The van der Waals surface area contributed by atoms with E-state index in [1.165, 1.54) is 0 Å². The summed E-state index contributed by atoms with van der Waals surface area (Å²) in [5.74, 6) is -0.0208. The van der Waals surface area contributed by atoms with Crippen LogP contribution in [0.3, 0.4) is 0 Å². The first-order chi connectivity index (χ1) is 11.7. The third-order valence-corrected chi connectivity index (χ3v) is 4.31. The molecule has 2 N–H and O–H groups in total. The lowest BCUT2D eigenvalue weighted by atomic mass is 9.98. The molecule has 4 nitrogen and oxygen atoms in total. The molecule has 3 rings (SSSR count). The van der Waals surface area contributed by atoms with E-state index in [-0.39, 0.29) is 18.1 Å². The number of nitrogens with one attached hydrogen (secondary N) is 2. The van der Waals surface area contributed by atoms with Gasteiger partial charge >= 0.3 is 0 Å². The Morgan fingerprint density at radius 1 is 1.17 bits per heavy atom. The van der Waals surface area contributed by atoms with Crippen molar-refractivity contribution in [3.05, 3.63) is 70.7 Å². The molecule has 0 aromatic heterocycles. The van der Waals surface area contributed by atoms with E-state index in [0.717, 1.165) is 17.7 Å². The van der Waals surface area contributed by atoms with Gasteiger partial charge in [0.1, 0.15) is 0 Å². The summed E-state index contributed by atoms with van der Waals surface area (Å²) in [5.41, 5.74) is 2.04. The number of amides is 1. The zero-order chi connectivity index (χ0) is 16.8. The van der Waals surface area contributed by atoms with Crippen LogP contribution in [0.15, 0.2) is 54.6 Å². The number of halogens is 1. The summed E-state index contributed by atoms with van der Waals surface area (Å²) in [5, 5.41) is 7.05. The molecule has 0 radical (unpaired) electrons. The van der Waals surface area contributed by atoms with Gasteiger partial charge in [-0.05, 0) is 23.3 Å². The Morgan fingerprint density at radius 3 is 2.54 bits per heavy atom. The first-order valence-electron chi connectivity index (χ1n) is 8.14. The van der Waals surface area contributed by atoms with Crippen LogP contribution in [0.1, 0.15) is 23.6 Å². The molecule has 126 valence electrons. The Kier molecular flexibility index (Phi) is 5.86. The molecule has 0 saturated carbocycles. The van der Waals surface area contributed by atoms with Crippen molar-refractivity contribution in [2.45, 2.75) is 18.6 Å². The summed E-state index contributed by atoms with van der Waals surface area (Å²) < 4.78 is 5.62. The van der Waals surface area contributed by atoms with Crippen molar-refractivity contribution in [3.63, 3.8) is 0 Å². The van der Waals surface area contributed by atoms with Crippen molar-refractivity contribution in [2.24, 2.45) is 0 Å². The third-order valence-electron chi connectivity index (χ3n) is 4.06. The molecule has 2 aromatic carbocycles. The smallest absolute Gasteiger partial charge is 0.223 e. The van der Waals surface area contributed by atoms with Crippen molar-refractivity contribution in [2.75, 3.05) is 19.7 Å². The standard InChI is InChI=1S/C19H21ClN2O2/c20-16-8-6-15(7-9-16)19(14-4-2-1-3-5-14)22-18(23)12-17-13-21-10-11-24-17/h1-9,17,19,21H,10-13H2,(H,22,23)/t17-,19-/m1/s1. The van der Waals surface area contributed by atoms with Crippen molar-refractivity contribution in [1.29, 1.82) is 0 Å². The molecule has 24 heavy (non-hydrogen) atoms. The van der Waals surface area contributed by atoms with Crippen LogP contribution in [0.25, 0.3) is 0 Å². The maximum atomic E-state index is 12.5. The molecule has 0 unspecified atom stereocenters. The van der Waals surface area contributed by atoms with Gasteiger partial charge in [0.2, 0.25) is 5.91 Å². The van der Waals surface area contributed by atoms with E-state index in [1.807, 2.05) is 54.6 Å². The molecule has 1 amide bonds. The van der Waals surface area contributed by atoms with Crippen LogP contribution in [0.4, 0.5) is 0 Å². The Balaban J connectivity index is 1.74. The van der Waals surface area contributed by atoms with Crippen molar-refractivity contribution < 1.29 is 9.53 Å². The Bertz CT molecular complexity index is 655. The minimum absolute atomic E-state index is 0.0208. The van der Waals surface area contributed by atoms with Gasteiger partial charge in [-0.2, -0.15) is 0 Å². The summed E-state index contributed by atoms with van der Waals surface area (Å²) >= 11 is 5.99. The van der Waals surface area contributed by atoms with Crippen LogP contribution in [0, 0.1) is 0 Å². The molecule has 2 atom stereocenters. The molecule has 2 aromatic rings. The molecule has 1 heterocycles. The molecule has 0 spiro atoms. The first kappa shape index (κ1) is 17.0. The summed E-state index contributed by atoms with van der Waals surface area (Å²) in [6, 6.07) is 17.3. The van der Waals surface area contributed by atoms with Gasteiger partial charge in [0.25, 0.3) is 0 Å². The van der Waals surface area contributed by atoms with Crippen molar-refractivity contribution >= 4 is 17.5 Å². The molecular formula is C19H21ClN2O2. The third kappa shape index (κ3) is 4.57. The molecular weight excluding hydrogens is 324 g/mol. The zero-order valence-corrected chi connectivity index (χ0v) is 14.1. The summed E-state index contributed by atoms with van der Waals surface area (Å²) in [6.07, 6.45) is 0.282. The van der Waals surface area contributed by atoms with Crippen molar-refractivity contribution in [1.82, 2.24) is 10.6 Å². The normalized spacial score (nSPS) is 18.8. The highest BCUT2D eigenvalue weighted by Gasteiger charge is 2.21. The van der Waals surface area contributed by atoms with Crippen LogP contribution < -0.4 is 10.6 Å². The zero-order valence-electron chi connectivity index (χ0n) is 13.4. The van der Waals surface area contributed by atoms with Gasteiger partial charge in [-0.15, -0.1) is 0 Å². The minimum Gasteiger partial charge on any atom is -0.375 e. The number of ether oxygens (including phenoxy) is 1. The number of hydrogen-bond acceptors (Lipinski definition) is 3. The van der Waals surface area contributed by atoms with Crippen LogP contribution in [0.2, 0.25) is 5.02 Å². The molecule has 1 saturated heterocycles. The Hall–Kier alpha value is -1.88. The second kappa shape index (κ2) is 8.29. The van der Waals surface area contributed by atoms with E-state index >= 15 is 0 Å². The van der Waals surface area contributed by atoms with E-state index in [4.69, 9.17) is 16.3 Å². The summed E-state index contributed by atoms with van der Waals surface area (Å²) in [4.78, 5) is 12.5. The van der Waals surface area contributed by atoms with Gasteiger partial charge in [0, 0.05) is 18.1 Å². The van der Waals surface area contributed by atoms with Crippen LogP contribution in [-0.2, 0) is 9.53 Å². The fraction of sp³-hybridized carbons (Fsp3) is 0.316. The largest absolute Gasteiger partial charge is 0.375 e. The molecule has 0 bridgehead atoms. The number of hydrogen-bond donors (Lipinski definition) is 2. The molecule has 5 heteroatoms. The quantitative estimate of drug-likeness (QED) is 0.876. The number of benzene rings is 2. The van der Waals surface area contributed by atoms with Gasteiger partial charge in [-0.3, -0.25) is 4.79 Å². The molecule has 1 fully saturated rings. The second-order valence-corrected chi connectivity index (χ2v) is 6.30. The Morgan fingerprint density at radius 2 is 1.88 bits per heavy atom. The van der Waals surface area contributed by atoms with Gasteiger partial charge in [0.05, 0.1) is 25.2 Å². The summed E-state index contributed by atoms with van der Waals surface area (Å²) in [7, 11) is 0. The van der Waals surface area contributed by atoms with Crippen LogP contribution >= 0.6 is 11.6 Å². The van der Waals surface area contributed by atoms with Gasteiger partial charge in [-0.25, -0.2) is 0 Å². The van der Waals surface area contributed by atoms with Gasteiger partial charge < -0.3 is 15.4 Å². The molecule has 0 aliphatic carbocycles. The fourth-order valence-electron chi connectivity index (χ4n) is 2.84. The summed E-state index contributed by atoms with van der Waals surface area (Å²) in [6.45, 7) is 2.21. The lowest BCUT2D eigenvalue weighted by Gasteiger charge is -2.25. The van der Waals surface area contributed by atoms with E-state index < -0.39 is 0 Å². The predicted molar refractivity (Wildman–Crippen MR) is 95.1 cm³/mol. The lowest BCUT2D eigenvalue weighted by Crippen LogP contribution is -2.42. The van der Waals surface area contributed by atoms with Gasteiger partial charge in [0.15, 0.2) is 0 Å². The number of carbonyl (C=O) groups is 1. The van der Waals surface area contributed by atoms with Crippen molar-refractivity contribution in [3.8, 4) is 0 Å². The topological polar surface area (TPSA) is 50.4 Å². The highest BCUT2D eigenvalue weighted by atomic mass is 35.5. The number of carbonyl (C=O) groups excluding carboxylic acids is 1. The molecule has 1 aliphatic rings. The monoisotopic (exact) mass is 344 g/mol. The highest BCUT2D eigenvalue weighted by Crippen LogP contribution is 2.23. The number of morpholine rings is 1. The Labute approximate surface area is 147 Å². The maximum absolute atomic E-state index is 12.5. The van der Waals surface area contributed by atoms with Crippen LogP contribution in [-0.4, -0.2) is 31.7 Å². The first-order valence-corrected chi connectivity index (χ1v) is 8.52. The van der Waals surface area contributed by atoms with E-state index in [1.54, 1.807) is 0 Å². The van der Waals surface area contributed by atoms with E-state index in [2.05, 4.69) is 10.6 Å². The number of rotatable bonds is 5. The maximum Gasteiger partial charge on any atom is 0.223 e. The minimum atomic E-state index is -0.201. The predicted octanol–water partition coefficient (Wildman–Crippen LogP) is 2.92. The average molecular weight is 345 g/mol.